The second-order valence-corrected chi connectivity index (χ2v) is 5.28. The summed E-state index contributed by atoms with van der Waals surface area (Å²) in [5, 5.41) is 2.42. The molecular weight excluding hydrogens is 288 g/mol. The summed E-state index contributed by atoms with van der Waals surface area (Å²) in [5.41, 5.74) is 8.31. The first-order valence-corrected chi connectivity index (χ1v) is 7.30. The standard InChI is InChI=1S/C19H14N2O2/c20-19(22)23-14-11-9-13(10-12-14)21-17-7-3-1-5-15(17)16-6-2-4-8-18(16)21/h1-12H,(H2,20,22). The number of nitrogens with two attached hydrogens (primary N) is 1. The lowest BCUT2D eigenvalue weighted by atomic mass is 10.2. The van der Waals surface area contributed by atoms with Crippen LogP contribution in [0.2, 0.25) is 0 Å². The van der Waals surface area contributed by atoms with Crippen LogP contribution in [-0.2, 0) is 0 Å². The van der Waals surface area contributed by atoms with Crippen molar-refractivity contribution in [2.45, 2.75) is 0 Å². The lowest BCUT2D eigenvalue weighted by Crippen LogP contribution is -2.16. The van der Waals surface area contributed by atoms with Crippen LogP contribution in [0.15, 0.2) is 72.8 Å². The highest BCUT2D eigenvalue weighted by atomic mass is 16.5. The van der Waals surface area contributed by atoms with Gasteiger partial charge in [-0.05, 0) is 36.4 Å². The van der Waals surface area contributed by atoms with E-state index in [9.17, 15) is 4.79 Å². The van der Waals surface area contributed by atoms with E-state index < -0.39 is 6.09 Å². The van der Waals surface area contributed by atoms with Crippen LogP contribution in [-0.4, -0.2) is 10.7 Å². The van der Waals surface area contributed by atoms with Crippen LogP contribution in [0.25, 0.3) is 27.5 Å². The lowest BCUT2D eigenvalue weighted by Gasteiger charge is -2.08. The molecule has 0 aliphatic rings. The highest BCUT2D eigenvalue weighted by Crippen LogP contribution is 2.32. The van der Waals surface area contributed by atoms with E-state index in [4.69, 9.17) is 10.5 Å². The fourth-order valence-corrected chi connectivity index (χ4v) is 2.98. The molecule has 112 valence electrons. The van der Waals surface area contributed by atoms with Crippen LogP contribution in [0.1, 0.15) is 0 Å². The second kappa shape index (κ2) is 5.18. The number of benzene rings is 3. The van der Waals surface area contributed by atoms with E-state index in [1.807, 2.05) is 36.4 Å². The summed E-state index contributed by atoms with van der Waals surface area (Å²) in [5.74, 6) is 0.432. The first-order chi connectivity index (χ1) is 11.2. The van der Waals surface area contributed by atoms with Crippen molar-refractivity contribution < 1.29 is 9.53 Å². The number of aromatic nitrogens is 1. The normalized spacial score (nSPS) is 11.0. The number of carbonyl (C=O) groups is 1. The Balaban J connectivity index is 1.95. The van der Waals surface area contributed by atoms with Crippen LogP contribution < -0.4 is 10.5 Å². The van der Waals surface area contributed by atoms with Crippen LogP contribution in [0.4, 0.5) is 4.79 Å². The zero-order valence-electron chi connectivity index (χ0n) is 12.3. The fourth-order valence-electron chi connectivity index (χ4n) is 2.98. The van der Waals surface area contributed by atoms with Gasteiger partial charge in [0.05, 0.1) is 11.0 Å². The van der Waals surface area contributed by atoms with Gasteiger partial charge in [-0.15, -0.1) is 0 Å². The van der Waals surface area contributed by atoms with E-state index in [1.54, 1.807) is 12.1 Å². The van der Waals surface area contributed by atoms with Crippen LogP contribution >= 0.6 is 0 Å². The van der Waals surface area contributed by atoms with Crippen molar-refractivity contribution in [3.63, 3.8) is 0 Å². The summed E-state index contributed by atoms with van der Waals surface area (Å²) < 4.78 is 7.08. The van der Waals surface area contributed by atoms with Crippen molar-refractivity contribution >= 4 is 27.9 Å². The number of fused-ring (bicyclic) bond motifs is 3. The van der Waals surface area contributed by atoms with Crippen LogP contribution in [0.3, 0.4) is 0 Å². The Morgan fingerprint density at radius 2 is 1.30 bits per heavy atom. The molecule has 4 aromatic rings. The number of primary amides is 1. The number of hydrogen-bond acceptors (Lipinski definition) is 2. The number of hydrogen-bond donors (Lipinski definition) is 1. The van der Waals surface area contributed by atoms with E-state index in [2.05, 4.69) is 28.8 Å². The Labute approximate surface area is 132 Å². The molecule has 4 nitrogen and oxygen atoms in total. The quantitative estimate of drug-likeness (QED) is 0.602. The van der Waals surface area contributed by atoms with Crippen molar-refractivity contribution in [1.82, 2.24) is 4.57 Å². The summed E-state index contributed by atoms with van der Waals surface area (Å²) in [4.78, 5) is 10.8. The van der Waals surface area contributed by atoms with Gasteiger partial charge in [0.1, 0.15) is 5.75 Å². The molecule has 0 bridgehead atoms. The molecular formula is C19H14N2O2. The predicted octanol–water partition coefficient (Wildman–Crippen LogP) is 4.24. The Morgan fingerprint density at radius 3 is 1.83 bits per heavy atom. The first kappa shape index (κ1) is 13.4. The lowest BCUT2D eigenvalue weighted by molar-refractivity contribution is 0.211. The van der Waals surface area contributed by atoms with Crippen molar-refractivity contribution in [2.24, 2.45) is 5.73 Å². The molecule has 0 aliphatic heterocycles. The minimum Gasteiger partial charge on any atom is -0.411 e. The number of amides is 1. The largest absolute Gasteiger partial charge is 0.411 e. The summed E-state index contributed by atoms with van der Waals surface area (Å²) in [7, 11) is 0. The maximum atomic E-state index is 10.8. The first-order valence-electron chi connectivity index (χ1n) is 7.30. The van der Waals surface area contributed by atoms with Crippen molar-refractivity contribution in [1.29, 1.82) is 0 Å². The van der Waals surface area contributed by atoms with Gasteiger partial charge in [-0.3, -0.25) is 0 Å². The van der Waals surface area contributed by atoms with Crippen molar-refractivity contribution in [2.75, 3.05) is 0 Å². The average Bonchev–Trinajstić information content (AvgIpc) is 2.90. The molecule has 0 unspecified atom stereocenters. The molecule has 0 fully saturated rings. The van der Waals surface area contributed by atoms with Crippen LogP contribution in [0, 0.1) is 0 Å². The van der Waals surface area contributed by atoms with Gasteiger partial charge in [0.15, 0.2) is 0 Å². The van der Waals surface area contributed by atoms with Gasteiger partial charge in [-0.1, -0.05) is 36.4 Å². The smallest absolute Gasteiger partial charge is 0.409 e. The van der Waals surface area contributed by atoms with Crippen LogP contribution in [0.5, 0.6) is 5.75 Å². The van der Waals surface area contributed by atoms with E-state index in [1.165, 1.54) is 10.8 Å². The van der Waals surface area contributed by atoms with Gasteiger partial charge in [0.25, 0.3) is 0 Å². The molecule has 23 heavy (non-hydrogen) atoms. The van der Waals surface area contributed by atoms with E-state index in [-0.39, 0.29) is 0 Å². The summed E-state index contributed by atoms with van der Waals surface area (Å²) in [6.07, 6.45) is -0.811. The Hall–Kier alpha value is -3.27. The summed E-state index contributed by atoms with van der Waals surface area (Å²) >= 11 is 0. The van der Waals surface area contributed by atoms with Crippen molar-refractivity contribution in [3.05, 3.63) is 72.8 Å². The minimum absolute atomic E-state index is 0.432. The maximum absolute atomic E-state index is 10.8. The maximum Gasteiger partial charge on any atom is 0.409 e. The van der Waals surface area contributed by atoms with Gasteiger partial charge in [0, 0.05) is 16.5 Å². The monoisotopic (exact) mass is 302 g/mol. The zero-order chi connectivity index (χ0) is 15.8. The third-order valence-electron chi connectivity index (χ3n) is 3.89. The third kappa shape index (κ3) is 2.21. The number of para-hydroxylation sites is 2. The highest BCUT2D eigenvalue weighted by molar-refractivity contribution is 6.09. The van der Waals surface area contributed by atoms with E-state index in [0.29, 0.717) is 5.75 Å². The fraction of sp³-hybridized carbons (Fsp3) is 0. The number of rotatable bonds is 2. The average molecular weight is 302 g/mol. The zero-order valence-corrected chi connectivity index (χ0v) is 12.3. The molecule has 1 aromatic heterocycles. The molecule has 0 spiro atoms. The molecule has 0 radical (unpaired) electrons. The molecule has 0 aliphatic carbocycles. The van der Waals surface area contributed by atoms with Gasteiger partial charge in [-0.25, -0.2) is 4.79 Å². The van der Waals surface area contributed by atoms with Gasteiger partial charge in [0.2, 0.25) is 0 Å². The topological polar surface area (TPSA) is 57.3 Å². The summed E-state index contributed by atoms with van der Waals surface area (Å²) in [6, 6.07) is 23.9. The molecule has 4 heteroatoms. The summed E-state index contributed by atoms with van der Waals surface area (Å²) in [6.45, 7) is 0. The van der Waals surface area contributed by atoms with E-state index in [0.717, 1.165) is 16.7 Å². The Kier molecular flexibility index (Phi) is 3.01. The molecule has 4 rings (SSSR count). The molecule has 0 saturated heterocycles. The molecule has 2 N–H and O–H groups in total. The van der Waals surface area contributed by atoms with Crippen molar-refractivity contribution in [3.8, 4) is 11.4 Å². The molecule has 1 amide bonds. The number of nitrogens with zero attached hydrogens (tertiary/aromatic N) is 1. The van der Waals surface area contributed by atoms with Gasteiger partial charge < -0.3 is 15.0 Å². The van der Waals surface area contributed by atoms with Gasteiger partial charge >= 0.3 is 6.09 Å². The number of ether oxygens (including phenoxy) is 1. The third-order valence-corrected chi connectivity index (χ3v) is 3.89. The SMILES string of the molecule is NC(=O)Oc1ccc(-n2c3ccccc3c3ccccc32)cc1. The molecule has 0 atom stereocenters. The Morgan fingerprint density at radius 1 is 0.783 bits per heavy atom. The second-order valence-electron chi connectivity index (χ2n) is 5.28. The molecule has 0 saturated carbocycles. The molecule has 3 aromatic carbocycles. The molecule has 1 heterocycles. The number of carbonyl (C=O) groups excluding carboxylic acids is 1. The minimum atomic E-state index is -0.811. The van der Waals surface area contributed by atoms with Gasteiger partial charge in [-0.2, -0.15) is 0 Å². The van der Waals surface area contributed by atoms with E-state index >= 15 is 0 Å². The Bertz CT molecular complexity index is 963. The predicted molar refractivity (Wildman–Crippen MR) is 91.0 cm³/mol. The highest BCUT2D eigenvalue weighted by Gasteiger charge is 2.11.